The first-order valence-corrected chi connectivity index (χ1v) is 7.03. The molecule has 22 heavy (non-hydrogen) atoms. The Balaban J connectivity index is 2.07. The molecule has 2 heterocycles. The van der Waals surface area contributed by atoms with Crippen molar-refractivity contribution in [3.05, 3.63) is 46.6 Å². The van der Waals surface area contributed by atoms with Crippen molar-refractivity contribution in [3.8, 4) is 6.07 Å². The predicted molar refractivity (Wildman–Crippen MR) is 84.5 cm³/mol. The van der Waals surface area contributed by atoms with Gasteiger partial charge >= 0.3 is 0 Å². The topological polar surface area (TPSA) is 79.4 Å². The van der Waals surface area contributed by atoms with Gasteiger partial charge in [0.05, 0.1) is 28.3 Å². The van der Waals surface area contributed by atoms with Gasteiger partial charge in [-0.3, -0.25) is 9.67 Å². The molecule has 3 rings (SSSR count). The number of hydrogen-bond acceptors (Lipinski definition) is 5. The van der Waals surface area contributed by atoms with Crippen LogP contribution >= 0.6 is 11.6 Å². The van der Waals surface area contributed by atoms with Gasteiger partial charge in [-0.1, -0.05) is 11.6 Å². The Bertz CT molecular complexity index is 893. The van der Waals surface area contributed by atoms with Crippen LogP contribution in [0.2, 0.25) is 5.02 Å². The molecule has 0 saturated heterocycles. The third-order valence-electron chi connectivity index (χ3n) is 3.26. The molecular formula is C15H13ClN6. The first kappa shape index (κ1) is 14.3. The number of hydrogen-bond donors (Lipinski definition) is 1. The summed E-state index contributed by atoms with van der Waals surface area (Å²) in [5, 5.41) is 18.2. The molecular weight excluding hydrogens is 300 g/mol. The normalized spacial score (nSPS) is 10.6. The van der Waals surface area contributed by atoms with Crippen LogP contribution in [0.1, 0.15) is 17.0 Å². The van der Waals surface area contributed by atoms with Crippen LogP contribution in [-0.4, -0.2) is 19.7 Å². The highest BCUT2D eigenvalue weighted by Crippen LogP contribution is 2.31. The Labute approximate surface area is 132 Å². The lowest BCUT2D eigenvalue weighted by Crippen LogP contribution is -2.05. The standard InChI is InChI=1S/C15H13ClN6/c1-9-3-11-14(19-7-13-20-8-22(2)21-13)10(5-17)6-18-15(11)12(16)4-9/h3-4,6,8H,7H2,1-2H3,(H,18,19). The van der Waals surface area contributed by atoms with Gasteiger partial charge in [-0.05, 0) is 24.6 Å². The van der Waals surface area contributed by atoms with Crippen LogP contribution in [0.5, 0.6) is 0 Å². The molecule has 0 spiro atoms. The Hall–Kier alpha value is -2.65. The molecule has 1 aromatic carbocycles. The van der Waals surface area contributed by atoms with Crippen LogP contribution in [0.25, 0.3) is 10.9 Å². The average Bonchev–Trinajstić information content (AvgIpc) is 2.90. The Morgan fingerprint density at radius 1 is 1.36 bits per heavy atom. The van der Waals surface area contributed by atoms with Crippen molar-refractivity contribution in [2.24, 2.45) is 7.05 Å². The molecule has 3 aromatic rings. The smallest absolute Gasteiger partial charge is 0.169 e. The van der Waals surface area contributed by atoms with Gasteiger partial charge in [0.25, 0.3) is 0 Å². The highest BCUT2D eigenvalue weighted by Gasteiger charge is 2.12. The fraction of sp³-hybridized carbons (Fsp3) is 0.200. The molecule has 0 unspecified atom stereocenters. The van der Waals surface area contributed by atoms with Gasteiger partial charge in [-0.25, -0.2) is 4.98 Å². The maximum Gasteiger partial charge on any atom is 0.169 e. The van der Waals surface area contributed by atoms with E-state index in [2.05, 4.69) is 26.5 Å². The van der Waals surface area contributed by atoms with Crippen LogP contribution in [0.15, 0.2) is 24.7 Å². The van der Waals surface area contributed by atoms with E-state index in [0.29, 0.717) is 34.2 Å². The molecule has 1 N–H and O–H groups in total. The number of nitrogens with zero attached hydrogens (tertiary/aromatic N) is 5. The van der Waals surface area contributed by atoms with Gasteiger partial charge in [-0.15, -0.1) is 0 Å². The van der Waals surface area contributed by atoms with E-state index >= 15 is 0 Å². The number of benzene rings is 1. The maximum absolute atomic E-state index is 9.32. The van der Waals surface area contributed by atoms with Crippen molar-refractivity contribution >= 4 is 28.2 Å². The summed E-state index contributed by atoms with van der Waals surface area (Å²) in [6.07, 6.45) is 3.16. The first-order chi connectivity index (χ1) is 10.6. The van der Waals surface area contributed by atoms with E-state index in [-0.39, 0.29) is 0 Å². The molecule has 0 bridgehead atoms. The van der Waals surface area contributed by atoms with Gasteiger partial charge in [0.2, 0.25) is 0 Å². The molecule has 0 aliphatic rings. The number of halogens is 1. The zero-order valence-electron chi connectivity index (χ0n) is 12.1. The monoisotopic (exact) mass is 312 g/mol. The van der Waals surface area contributed by atoms with Crippen molar-refractivity contribution in [3.63, 3.8) is 0 Å². The molecule has 2 aromatic heterocycles. The molecule has 0 saturated carbocycles. The van der Waals surface area contributed by atoms with E-state index in [9.17, 15) is 5.26 Å². The van der Waals surface area contributed by atoms with E-state index < -0.39 is 0 Å². The lowest BCUT2D eigenvalue weighted by molar-refractivity contribution is 0.747. The Morgan fingerprint density at radius 2 is 2.18 bits per heavy atom. The number of nitrogens with one attached hydrogen (secondary N) is 1. The van der Waals surface area contributed by atoms with E-state index in [0.717, 1.165) is 10.9 Å². The van der Waals surface area contributed by atoms with Crippen LogP contribution in [0.4, 0.5) is 5.69 Å². The van der Waals surface area contributed by atoms with Crippen molar-refractivity contribution in [1.82, 2.24) is 19.7 Å². The third kappa shape index (κ3) is 2.59. The molecule has 0 aliphatic heterocycles. The van der Waals surface area contributed by atoms with Crippen molar-refractivity contribution in [1.29, 1.82) is 5.26 Å². The number of anilines is 1. The molecule has 0 fully saturated rings. The largest absolute Gasteiger partial charge is 0.376 e. The van der Waals surface area contributed by atoms with Crippen molar-refractivity contribution in [2.45, 2.75) is 13.5 Å². The highest BCUT2D eigenvalue weighted by molar-refractivity contribution is 6.35. The maximum atomic E-state index is 9.32. The quantitative estimate of drug-likeness (QED) is 0.804. The van der Waals surface area contributed by atoms with Crippen LogP contribution in [0.3, 0.4) is 0 Å². The fourth-order valence-electron chi connectivity index (χ4n) is 2.30. The molecule has 6 nitrogen and oxygen atoms in total. The third-order valence-corrected chi connectivity index (χ3v) is 3.55. The van der Waals surface area contributed by atoms with E-state index in [1.54, 1.807) is 11.0 Å². The molecule has 7 heteroatoms. The molecule has 110 valence electrons. The first-order valence-electron chi connectivity index (χ1n) is 6.66. The Kier molecular flexibility index (Phi) is 3.65. The van der Waals surface area contributed by atoms with Gasteiger partial charge in [0, 0.05) is 18.6 Å². The molecule has 0 amide bonds. The SMILES string of the molecule is Cc1cc(Cl)c2ncc(C#N)c(NCc3ncn(C)n3)c2c1. The fourth-order valence-corrected chi connectivity index (χ4v) is 2.63. The minimum atomic E-state index is 0.417. The van der Waals surface area contributed by atoms with Crippen LogP contribution in [0, 0.1) is 18.3 Å². The summed E-state index contributed by atoms with van der Waals surface area (Å²) in [5.41, 5.74) is 2.84. The second-order valence-corrected chi connectivity index (χ2v) is 5.40. The minimum absolute atomic E-state index is 0.417. The number of aryl methyl sites for hydroxylation is 2. The lowest BCUT2D eigenvalue weighted by Gasteiger charge is -2.11. The average molecular weight is 313 g/mol. The van der Waals surface area contributed by atoms with E-state index in [1.165, 1.54) is 6.20 Å². The zero-order chi connectivity index (χ0) is 15.7. The summed E-state index contributed by atoms with van der Waals surface area (Å²) >= 11 is 6.25. The summed E-state index contributed by atoms with van der Waals surface area (Å²) in [5.74, 6) is 0.648. The zero-order valence-corrected chi connectivity index (χ0v) is 12.9. The van der Waals surface area contributed by atoms with Gasteiger partial charge in [0.1, 0.15) is 12.4 Å². The second-order valence-electron chi connectivity index (χ2n) is 4.99. The Morgan fingerprint density at radius 3 is 2.86 bits per heavy atom. The van der Waals surface area contributed by atoms with Gasteiger partial charge in [-0.2, -0.15) is 10.4 Å². The van der Waals surface area contributed by atoms with Crippen molar-refractivity contribution in [2.75, 3.05) is 5.32 Å². The summed E-state index contributed by atoms with van der Waals surface area (Å²) < 4.78 is 1.63. The van der Waals surface area contributed by atoms with Gasteiger partial charge < -0.3 is 5.32 Å². The second kappa shape index (κ2) is 5.62. The summed E-state index contributed by atoms with van der Waals surface area (Å²) in [6, 6.07) is 5.97. The van der Waals surface area contributed by atoms with Gasteiger partial charge in [0.15, 0.2) is 5.82 Å². The minimum Gasteiger partial charge on any atom is -0.376 e. The highest BCUT2D eigenvalue weighted by atomic mass is 35.5. The molecule has 0 atom stereocenters. The summed E-state index contributed by atoms with van der Waals surface area (Å²) in [4.78, 5) is 8.45. The predicted octanol–water partition coefficient (Wildman–Crippen LogP) is 2.81. The number of aromatic nitrogens is 4. The number of pyridine rings is 1. The van der Waals surface area contributed by atoms with Crippen LogP contribution < -0.4 is 5.32 Å². The summed E-state index contributed by atoms with van der Waals surface area (Å²) in [7, 11) is 1.81. The number of rotatable bonds is 3. The number of nitriles is 1. The molecule has 0 radical (unpaired) electrons. The van der Waals surface area contributed by atoms with E-state index in [1.807, 2.05) is 26.1 Å². The summed E-state index contributed by atoms with van der Waals surface area (Å²) in [6.45, 7) is 2.37. The number of fused-ring (bicyclic) bond motifs is 1. The molecule has 0 aliphatic carbocycles. The van der Waals surface area contributed by atoms with E-state index in [4.69, 9.17) is 11.6 Å². The van der Waals surface area contributed by atoms with Crippen molar-refractivity contribution < 1.29 is 0 Å². The van der Waals surface area contributed by atoms with Crippen LogP contribution in [-0.2, 0) is 13.6 Å². The lowest BCUT2D eigenvalue weighted by atomic mass is 10.1.